The van der Waals surface area contributed by atoms with Crippen molar-refractivity contribution in [3.8, 4) is 0 Å². The molecule has 0 spiro atoms. The van der Waals surface area contributed by atoms with E-state index in [0.717, 1.165) is 10.7 Å². The summed E-state index contributed by atoms with van der Waals surface area (Å²) in [6, 6.07) is 4.73. The third-order valence-corrected chi connectivity index (χ3v) is 4.34. The van der Waals surface area contributed by atoms with Crippen molar-refractivity contribution in [3.63, 3.8) is 0 Å². The van der Waals surface area contributed by atoms with Crippen molar-refractivity contribution in [2.24, 2.45) is 0 Å². The fourth-order valence-corrected chi connectivity index (χ4v) is 3.17. The average Bonchev–Trinajstić information content (AvgIpc) is 2.70. The molecule has 0 radical (unpaired) electrons. The van der Waals surface area contributed by atoms with E-state index in [9.17, 15) is 4.39 Å². The summed E-state index contributed by atoms with van der Waals surface area (Å²) in [6.45, 7) is 1.95. The van der Waals surface area contributed by atoms with Gasteiger partial charge in [0.05, 0.1) is 15.5 Å². The van der Waals surface area contributed by atoms with E-state index < -0.39 is 0 Å². The minimum atomic E-state index is -0.270. The van der Waals surface area contributed by atoms with E-state index in [1.165, 1.54) is 6.07 Å². The SMILES string of the molecule is Cc1nc(C(Br)Cc2c(F)cccc2Cl)cs1. The Morgan fingerprint density at radius 2 is 2.29 bits per heavy atom. The third-order valence-electron chi connectivity index (χ3n) is 2.40. The molecule has 0 saturated carbocycles. The van der Waals surface area contributed by atoms with E-state index in [1.807, 2.05) is 12.3 Å². The molecule has 1 aromatic carbocycles. The van der Waals surface area contributed by atoms with Crippen LogP contribution in [0.2, 0.25) is 5.02 Å². The second kappa shape index (κ2) is 5.46. The molecule has 0 aliphatic heterocycles. The van der Waals surface area contributed by atoms with E-state index in [4.69, 9.17) is 11.6 Å². The Kier molecular flexibility index (Phi) is 4.17. The molecular formula is C12H10BrClFNS. The van der Waals surface area contributed by atoms with Gasteiger partial charge in [0.1, 0.15) is 5.82 Å². The van der Waals surface area contributed by atoms with Crippen molar-refractivity contribution < 1.29 is 4.39 Å². The highest BCUT2D eigenvalue weighted by Gasteiger charge is 2.16. The Bertz CT molecular complexity index is 509. The van der Waals surface area contributed by atoms with Crippen molar-refractivity contribution in [1.82, 2.24) is 4.98 Å². The molecule has 1 nitrogen and oxygen atoms in total. The standard InChI is InChI=1S/C12H10BrClFNS/c1-7-16-12(6-17-7)9(13)5-8-10(14)3-2-4-11(8)15/h2-4,6,9H,5H2,1H3. The first-order chi connectivity index (χ1) is 8.08. The predicted molar refractivity (Wildman–Crippen MR) is 73.6 cm³/mol. The molecule has 1 heterocycles. The van der Waals surface area contributed by atoms with Crippen LogP contribution in [-0.4, -0.2) is 4.98 Å². The van der Waals surface area contributed by atoms with E-state index in [1.54, 1.807) is 23.5 Å². The lowest BCUT2D eigenvalue weighted by atomic mass is 10.1. The fourth-order valence-electron chi connectivity index (χ4n) is 1.54. The molecule has 0 N–H and O–H groups in total. The maximum absolute atomic E-state index is 13.6. The van der Waals surface area contributed by atoms with Crippen LogP contribution >= 0.6 is 38.9 Å². The lowest BCUT2D eigenvalue weighted by molar-refractivity contribution is 0.608. The van der Waals surface area contributed by atoms with E-state index in [2.05, 4.69) is 20.9 Å². The molecule has 1 aromatic heterocycles. The highest BCUT2D eigenvalue weighted by Crippen LogP contribution is 2.31. The van der Waals surface area contributed by atoms with Crippen LogP contribution in [0.15, 0.2) is 23.6 Å². The van der Waals surface area contributed by atoms with Gasteiger partial charge in [-0.25, -0.2) is 9.37 Å². The van der Waals surface area contributed by atoms with Gasteiger partial charge in [0.15, 0.2) is 0 Å². The van der Waals surface area contributed by atoms with Crippen LogP contribution in [0.1, 0.15) is 21.1 Å². The Balaban J connectivity index is 2.21. The molecule has 0 aliphatic rings. The Morgan fingerprint density at radius 1 is 1.53 bits per heavy atom. The van der Waals surface area contributed by atoms with Gasteiger partial charge in [-0.2, -0.15) is 0 Å². The first-order valence-corrected chi connectivity index (χ1v) is 7.24. The Labute approximate surface area is 117 Å². The van der Waals surface area contributed by atoms with Crippen LogP contribution in [0.3, 0.4) is 0 Å². The van der Waals surface area contributed by atoms with Gasteiger partial charge < -0.3 is 0 Å². The van der Waals surface area contributed by atoms with Crippen LogP contribution in [-0.2, 0) is 6.42 Å². The van der Waals surface area contributed by atoms with Crippen molar-refractivity contribution in [3.05, 3.63) is 50.7 Å². The molecule has 90 valence electrons. The smallest absolute Gasteiger partial charge is 0.127 e. The first kappa shape index (κ1) is 13.0. The number of benzene rings is 1. The molecule has 0 aliphatic carbocycles. The molecular weight excluding hydrogens is 325 g/mol. The molecule has 1 atom stereocenters. The second-order valence-corrected chi connectivity index (χ2v) is 6.24. The Morgan fingerprint density at radius 3 is 2.88 bits per heavy atom. The maximum atomic E-state index is 13.6. The topological polar surface area (TPSA) is 12.9 Å². The lowest BCUT2D eigenvalue weighted by Gasteiger charge is -2.09. The zero-order chi connectivity index (χ0) is 12.4. The summed E-state index contributed by atoms with van der Waals surface area (Å²) in [6.07, 6.45) is 0.495. The summed E-state index contributed by atoms with van der Waals surface area (Å²) in [5.74, 6) is -0.270. The summed E-state index contributed by atoms with van der Waals surface area (Å²) in [4.78, 5) is 4.36. The number of halogens is 3. The summed E-state index contributed by atoms with van der Waals surface area (Å²) in [7, 11) is 0. The van der Waals surface area contributed by atoms with Crippen molar-refractivity contribution in [1.29, 1.82) is 0 Å². The quantitative estimate of drug-likeness (QED) is 0.726. The van der Waals surface area contributed by atoms with Gasteiger partial charge in [-0.05, 0) is 25.5 Å². The zero-order valence-electron chi connectivity index (χ0n) is 9.08. The van der Waals surface area contributed by atoms with Crippen LogP contribution in [0.5, 0.6) is 0 Å². The van der Waals surface area contributed by atoms with Gasteiger partial charge in [-0.3, -0.25) is 0 Å². The van der Waals surface area contributed by atoms with Crippen LogP contribution in [0.25, 0.3) is 0 Å². The molecule has 5 heteroatoms. The highest BCUT2D eigenvalue weighted by molar-refractivity contribution is 9.09. The van der Waals surface area contributed by atoms with Gasteiger partial charge in [0, 0.05) is 16.0 Å². The summed E-state index contributed by atoms with van der Waals surface area (Å²) in [5.41, 5.74) is 1.45. The van der Waals surface area contributed by atoms with Gasteiger partial charge in [0.25, 0.3) is 0 Å². The molecule has 0 fully saturated rings. The van der Waals surface area contributed by atoms with Gasteiger partial charge in [0.2, 0.25) is 0 Å². The van der Waals surface area contributed by atoms with Crippen molar-refractivity contribution >= 4 is 38.9 Å². The number of thiazole rings is 1. The Hall–Kier alpha value is -0.450. The average molecular weight is 335 g/mol. The molecule has 2 rings (SSSR count). The number of hydrogen-bond acceptors (Lipinski definition) is 2. The number of rotatable bonds is 3. The third kappa shape index (κ3) is 3.06. The highest BCUT2D eigenvalue weighted by atomic mass is 79.9. The fraction of sp³-hybridized carbons (Fsp3) is 0.250. The van der Waals surface area contributed by atoms with E-state index >= 15 is 0 Å². The monoisotopic (exact) mass is 333 g/mol. The largest absolute Gasteiger partial charge is 0.245 e. The minimum absolute atomic E-state index is 0.0122. The second-order valence-electron chi connectivity index (χ2n) is 3.66. The molecule has 2 aromatic rings. The normalized spacial score (nSPS) is 12.7. The summed E-state index contributed by atoms with van der Waals surface area (Å²) in [5, 5.41) is 3.44. The van der Waals surface area contributed by atoms with Crippen molar-refractivity contribution in [2.45, 2.75) is 18.2 Å². The number of aromatic nitrogens is 1. The van der Waals surface area contributed by atoms with E-state index in [-0.39, 0.29) is 10.6 Å². The summed E-state index contributed by atoms with van der Waals surface area (Å²) < 4.78 is 13.6. The first-order valence-electron chi connectivity index (χ1n) is 5.07. The van der Waals surface area contributed by atoms with Crippen molar-refractivity contribution in [2.75, 3.05) is 0 Å². The lowest BCUT2D eigenvalue weighted by Crippen LogP contribution is -1.99. The van der Waals surface area contributed by atoms with Crippen LogP contribution < -0.4 is 0 Å². The van der Waals surface area contributed by atoms with E-state index in [0.29, 0.717) is 17.0 Å². The summed E-state index contributed by atoms with van der Waals surface area (Å²) >= 11 is 11.1. The molecule has 0 bridgehead atoms. The maximum Gasteiger partial charge on any atom is 0.127 e. The molecule has 0 amide bonds. The number of hydrogen-bond donors (Lipinski definition) is 0. The van der Waals surface area contributed by atoms with Crippen LogP contribution in [0, 0.1) is 12.7 Å². The van der Waals surface area contributed by atoms with Crippen LogP contribution in [0.4, 0.5) is 4.39 Å². The molecule has 17 heavy (non-hydrogen) atoms. The predicted octanol–water partition coefficient (Wildman–Crippen LogP) is 4.92. The van der Waals surface area contributed by atoms with Gasteiger partial charge in [-0.15, -0.1) is 11.3 Å². The molecule has 1 unspecified atom stereocenters. The van der Waals surface area contributed by atoms with Gasteiger partial charge >= 0.3 is 0 Å². The zero-order valence-corrected chi connectivity index (χ0v) is 12.2. The molecule has 0 saturated heterocycles. The number of nitrogens with zero attached hydrogens (tertiary/aromatic N) is 1. The number of aryl methyl sites for hydroxylation is 1. The minimum Gasteiger partial charge on any atom is -0.245 e. The number of alkyl halides is 1. The van der Waals surface area contributed by atoms with Gasteiger partial charge in [-0.1, -0.05) is 33.6 Å².